The molecule has 2 heterocycles. The summed E-state index contributed by atoms with van der Waals surface area (Å²) in [6.45, 7) is 7.22. The number of hydrogen-bond acceptors (Lipinski definition) is 5. The second-order valence-corrected chi connectivity index (χ2v) is 4.77. The van der Waals surface area contributed by atoms with Crippen molar-refractivity contribution in [1.29, 1.82) is 0 Å². The highest BCUT2D eigenvalue weighted by atomic mass is 15.0. The lowest BCUT2D eigenvalue weighted by Gasteiger charge is -2.13. The maximum Gasteiger partial charge on any atom is 0.133 e. The largest absolute Gasteiger partial charge is 0.370 e. The van der Waals surface area contributed by atoms with Crippen LogP contribution in [-0.4, -0.2) is 26.5 Å². The average molecular weight is 271 g/mol. The minimum Gasteiger partial charge on any atom is -0.370 e. The summed E-state index contributed by atoms with van der Waals surface area (Å²) in [5.74, 6) is 1.79. The summed E-state index contributed by atoms with van der Waals surface area (Å²) in [5, 5.41) is 3.38. The van der Waals surface area contributed by atoms with Gasteiger partial charge in [0.1, 0.15) is 18.0 Å². The Balaban J connectivity index is 2.46. The van der Waals surface area contributed by atoms with Crippen molar-refractivity contribution < 1.29 is 0 Å². The lowest BCUT2D eigenvalue weighted by molar-refractivity contribution is 0.830. The Morgan fingerprint density at radius 2 is 1.80 bits per heavy atom. The molecule has 5 heteroatoms. The summed E-state index contributed by atoms with van der Waals surface area (Å²) in [5.41, 5.74) is 2.90. The number of nitrogens with one attached hydrogen (secondary N) is 1. The molecule has 0 saturated carbocycles. The molecular formula is C15H21N5. The van der Waals surface area contributed by atoms with Crippen molar-refractivity contribution in [2.75, 3.05) is 11.9 Å². The van der Waals surface area contributed by atoms with Crippen LogP contribution < -0.4 is 5.32 Å². The van der Waals surface area contributed by atoms with Gasteiger partial charge in [-0.05, 0) is 19.8 Å². The standard InChI is InChI=1S/C15H21N5/c1-4-6-13-19-14(12-8-16-10-17-9-12)11(3)15(20-13)18-7-5-2/h8-10H,4-7H2,1-3H3,(H,18,19,20). The normalized spacial score (nSPS) is 10.6. The Bertz CT molecular complexity index is 554. The highest BCUT2D eigenvalue weighted by Crippen LogP contribution is 2.25. The molecule has 0 unspecified atom stereocenters. The molecule has 2 rings (SSSR count). The van der Waals surface area contributed by atoms with E-state index in [9.17, 15) is 0 Å². The Hall–Kier alpha value is -2.04. The first-order chi connectivity index (χ1) is 9.76. The van der Waals surface area contributed by atoms with Gasteiger partial charge in [0.15, 0.2) is 0 Å². The van der Waals surface area contributed by atoms with Crippen LogP contribution in [0, 0.1) is 6.92 Å². The predicted molar refractivity (Wildman–Crippen MR) is 80.6 cm³/mol. The molecule has 106 valence electrons. The maximum absolute atomic E-state index is 4.67. The van der Waals surface area contributed by atoms with Crippen molar-refractivity contribution >= 4 is 5.82 Å². The fourth-order valence-corrected chi connectivity index (χ4v) is 2.02. The lowest BCUT2D eigenvalue weighted by atomic mass is 10.1. The molecule has 5 nitrogen and oxygen atoms in total. The van der Waals surface area contributed by atoms with Gasteiger partial charge in [-0.15, -0.1) is 0 Å². The molecule has 0 atom stereocenters. The zero-order chi connectivity index (χ0) is 14.4. The summed E-state index contributed by atoms with van der Waals surface area (Å²) < 4.78 is 0. The van der Waals surface area contributed by atoms with Crippen molar-refractivity contribution in [3.8, 4) is 11.3 Å². The molecule has 20 heavy (non-hydrogen) atoms. The highest BCUT2D eigenvalue weighted by Gasteiger charge is 2.12. The van der Waals surface area contributed by atoms with Crippen LogP contribution in [0.25, 0.3) is 11.3 Å². The molecule has 1 N–H and O–H groups in total. The number of aromatic nitrogens is 4. The minimum atomic E-state index is 0.871. The summed E-state index contributed by atoms with van der Waals surface area (Å²) >= 11 is 0. The SMILES string of the molecule is CCCNc1nc(CCC)nc(-c2cncnc2)c1C. The second-order valence-electron chi connectivity index (χ2n) is 4.77. The Morgan fingerprint density at radius 3 is 2.45 bits per heavy atom. The zero-order valence-corrected chi connectivity index (χ0v) is 12.3. The molecule has 0 amide bonds. The Kier molecular flexibility index (Phi) is 4.98. The van der Waals surface area contributed by atoms with E-state index in [4.69, 9.17) is 0 Å². The van der Waals surface area contributed by atoms with E-state index in [0.29, 0.717) is 0 Å². The maximum atomic E-state index is 4.67. The minimum absolute atomic E-state index is 0.871. The van der Waals surface area contributed by atoms with Crippen LogP contribution in [0.4, 0.5) is 5.82 Å². The fraction of sp³-hybridized carbons (Fsp3) is 0.467. The van der Waals surface area contributed by atoms with E-state index in [-0.39, 0.29) is 0 Å². The van der Waals surface area contributed by atoms with Crippen LogP contribution >= 0.6 is 0 Å². The number of rotatable bonds is 6. The van der Waals surface area contributed by atoms with E-state index >= 15 is 0 Å². The van der Waals surface area contributed by atoms with Crippen molar-refractivity contribution in [2.45, 2.75) is 40.0 Å². The molecule has 0 saturated heterocycles. The van der Waals surface area contributed by atoms with Crippen LogP contribution in [0.5, 0.6) is 0 Å². The predicted octanol–water partition coefficient (Wildman–Crippen LogP) is 3.02. The van der Waals surface area contributed by atoms with Gasteiger partial charge in [0, 0.05) is 36.5 Å². The molecule has 0 fully saturated rings. The Morgan fingerprint density at radius 1 is 1.05 bits per heavy atom. The molecule has 2 aromatic heterocycles. The monoisotopic (exact) mass is 271 g/mol. The van der Waals surface area contributed by atoms with Gasteiger partial charge in [-0.3, -0.25) is 0 Å². The third kappa shape index (κ3) is 3.29. The smallest absolute Gasteiger partial charge is 0.133 e. The third-order valence-electron chi connectivity index (χ3n) is 3.04. The first kappa shape index (κ1) is 14.4. The van der Waals surface area contributed by atoms with Crippen LogP contribution in [0.3, 0.4) is 0 Å². The van der Waals surface area contributed by atoms with Gasteiger partial charge in [-0.2, -0.15) is 0 Å². The quantitative estimate of drug-likeness (QED) is 0.875. The molecule has 0 aliphatic carbocycles. The van der Waals surface area contributed by atoms with Gasteiger partial charge in [-0.1, -0.05) is 13.8 Å². The number of nitrogens with zero attached hydrogens (tertiary/aromatic N) is 4. The van der Waals surface area contributed by atoms with Crippen LogP contribution in [0.1, 0.15) is 38.1 Å². The van der Waals surface area contributed by atoms with Crippen molar-refractivity contribution in [3.05, 3.63) is 30.1 Å². The van der Waals surface area contributed by atoms with E-state index in [2.05, 4.69) is 39.1 Å². The number of aryl methyl sites for hydroxylation is 1. The van der Waals surface area contributed by atoms with Gasteiger partial charge in [0.25, 0.3) is 0 Å². The van der Waals surface area contributed by atoms with Crippen molar-refractivity contribution in [1.82, 2.24) is 19.9 Å². The summed E-state index contributed by atoms with van der Waals surface area (Å²) in [6.07, 6.45) is 8.09. The van der Waals surface area contributed by atoms with Gasteiger partial charge in [0.05, 0.1) is 5.69 Å². The summed E-state index contributed by atoms with van der Waals surface area (Å²) in [7, 11) is 0. The molecule has 0 aliphatic rings. The Labute approximate surface area is 119 Å². The zero-order valence-electron chi connectivity index (χ0n) is 12.3. The van der Waals surface area contributed by atoms with Gasteiger partial charge in [0.2, 0.25) is 0 Å². The van der Waals surface area contributed by atoms with E-state index < -0.39 is 0 Å². The van der Waals surface area contributed by atoms with E-state index in [1.807, 2.05) is 6.92 Å². The first-order valence-corrected chi connectivity index (χ1v) is 7.13. The highest BCUT2D eigenvalue weighted by molar-refractivity contribution is 5.66. The summed E-state index contributed by atoms with van der Waals surface area (Å²) in [4.78, 5) is 17.4. The number of hydrogen-bond donors (Lipinski definition) is 1. The van der Waals surface area contributed by atoms with Gasteiger partial charge < -0.3 is 5.32 Å². The molecule has 0 spiro atoms. The molecule has 0 radical (unpaired) electrons. The fourth-order valence-electron chi connectivity index (χ4n) is 2.02. The van der Waals surface area contributed by atoms with Crippen molar-refractivity contribution in [3.63, 3.8) is 0 Å². The van der Waals surface area contributed by atoms with Gasteiger partial charge >= 0.3 is 0 Å². The number of anilines is 1. The van der Waals surface area contributed by atoms with Crippen LogP contribution in [-0.2, 0) is 6.42 Å². The lowest BCUT2D eigenvalue weighted by Crippen LogP contribution is -2.09. The molecule has 2 aromatic rings. The van der Waals surface area contributed by atoms with Gasteiger partial charge in [-0.25, -0.2) is 19.9 Å². The first-order valence-electron chi connectivity index (χ1n) is 7.13. The molecular weight excluding hydrogens is 250 g/mol. The van der Waals surface area contributed by atoms with Crippen LogP contribution in [0.2, 0.25) is 0 Å². The molecule has 0 aromatic carbocycles. The molecule has 0 bridgehead atoms. The second kappa shape index (κ2) is 6.93. The summed E-state index contributed by atoms with van der Waals surface area (Å²) in [6, 6.07) is 0. The van der Waals surface area contributed by atoms with Crippen LogP contribution in [0.15, 0.2) is 18.7 Å². The average Bonchev–Trinajstić information content (AvgIpc) is 2.48. The van der Waals surface area contributed by atoms with E-state index in [1.165, 1.54) is 6.33 Å². The van der Waals surface area contributed by atoms with E-state index in [1.54, 1.807) is 12.4 Å². The molecule has 0 aliphatic heterocycles. The van der Waals surface area contributed by atoms with E-state index in [0.717, 1.165) is 54.3 Å². The topological polar surface area (TPSA) is 63.6 Å². The van der Waals surface area contributed by atoms with Crippen molar-refractivity contribution in [2.24, 2.45) is 0 Å². The third-order valence-corrected chi connectivity index (χ3v) is 3.04.